The molecule has 0 unspecified atom stereocenters. The van der Waals surface area contributed by atoms with Gasteiger partial charge in [-0.2, -0.15) is 0 Å². The van der Waals surface area contributed by atoms with E-state index >= 15 is 0 Å². The van der Waals surface area contributed by atoms with E-state index in [1.54, 1.807) is 12.1 Å². The minimum absolute atomic E-state index is 0.283. The van der Waals surface area contributed by atoms with Crippen molar-refractivity contribution in [3.8, 4) is 5.75 Å². The van der Waals surface area contributed by atoms with Crippen LogP contribution >= 0.6 is 11.6 Å². The summed E-state index contributed by atoms with van der Waals surface area (Å²) in [7, 11) is 0. The average Bonchev–Trinajstić information content (AvgIpc) is 3.11. The van der Waals surface area contributed by atoms with Gasteiger partial charge in [-0.25, -0.2) is 0 Å². The number of rotatable bonds is 8. The van der Waals surface area contributed by atoms with Gasteiger partial charge in [-0.15, -0.1) is 0 Å². The number of carbonyl (C=O) groups excluding carboxylic acids is 1. The van der Waals surface area contributed by atoms with Gasteiger partial charge in [0.2, 0.25) is 0 Å². The molecule has 1 N–H and O–H groups in total. The van der Waals surface area contributed by atoms with E-state index in [1.807, 2.05) is 48.5 Å². The molecule has 1 aliphatic rings. The largest absolute Gasteiger partial charge is 0.487 e. The van der Waals surface area contributed by atoms with E-state index in [2.05, 4.69) is 19.1 Å². The molecule has 0 aliphatic carbocycles. The van der Waals surface area contributed by atoms with Crippen molar-refractivity contribution in [3.05, 3.63) is 100 Å². The summed E-state index contributed by atoms with van der Waals surface area (Å²) in [4.78, 5) is 26.0. The molecular formula is C27H26ClNO4. The van der Waals surface area contributed by atoms with Crippen LogP contribution in [0.15, 0.2) is 72.8 Å². The summed E-state index contributed by atoms with van der Waals surface area (Å²) in [6.07, 6.45) is 1.96. The van der Waals surface area contributed by atoms with E-state index in [0.29, 0.717) is 23.4 Å². The molecule has 1 heterocycles. The molecular weight excluding hydrogens is 438 g/mol. The van der Waals surface area contributed by atoms with Crippen molar-refractivity contribution in [1.29, 1.82) is 0 Å². The van der Waals surface area contributed by atoms with E-state index in [0.717, 1.165) is 23.3 Å². The third-order valence-electron chi connectivity index (χ3n) is 5.82. The standard InChI is InChI=1S/C27H26ClNO4/c1-27(16-20-6-3-2-4-7-20)17-22-15-21(10-11-24(22)33-27)26(32)29(18-25(30)31)13-12-19-8-5-9-23(28)14-19/h2-11,14-15H,12-13,16-18H2,1H3,(H,30,31)/t27-/m1/s1. The lowest BCUT2D eigenvalue weighted by Gasteiger charge is -2.24. The Bertz CT molecular complexity index is 1160. The van der Waals surface area contributed by atoms with Crippen LogP contribution in [0, 0.1) is 0 Å². The van der Waals surface area contributed by atoms with E-state index in [1.165, 1.54) is 10.5 Å². The maximum Gasteiger partial charge on any atom is 0.323 e. The van der Waals surface area contributed by atoms with Crippen molar-refractivity contribution >= 4 is 23.5 Å². The molecule has 3 aromatic carbocycles. The van der Waals surface area contributed by atoms with Gasteiger partial charge in [0.1, 0.15) is 17.9 Å². The molecule has 0 spiro atoms. The van der Waals surface area contributed by atoms with Gasteiger partial charge in [0.15, 0.2) is 0 Å². The van der Waals surface area contributed by atoms with Crippen LogP contribution in [-0.4, -0.2) is 40.6 Å². The number of nitrogens with zero attached hydrogens (tertiary/aromatic N) is 1. The van der Waals surface area contributed by atoms with E-state index in [4.69, 9.17) is 16.3 Å². The van der Waals surface area contributed by atoms with Gasteiger partial charge in [-0.05, 0) is 60.4 Å². The number of amides is 1. The van der Waals surface area contributed by atoms with Gasteiger partial charge >= 0.3 is 5.97 Å². The number of ether oxygens (including phenoxy) is 1. The first kappa shape index (κ1) is 22.9. The molecule has 6 heteroatoms. The molecule has 0 saturated heterocycles. The van der Waals surface area contributed by atoms with Crippen LogP contribution in [0.1, 0.15) is 34.0 Å². The Morgan fingerprint density at radius 3 is 2.52 bits per heavy atom. The van der Waals surface area contributed by atoms with Crippen molar-refractivity contribution < 1.29 is 19.4 Å². The minimum atomic E-state index is -1.05. The van der Waals surface area contributed by atoms with Crippen LogP contribution < -0.4 is 4.74 Å². The van der Waals surface area contributed by atoms with Crippen molar-refractivity contribution in [2.45, 2.75) is 31.8 Å². The Labute approximate surface area is 198 Å². The van der Waals surface area contributed by atoms with Gasteiger partial charge in [0.25, 0.3) is 5.91 Å². The molecule has 33 heavy (non-hydrogen) atoms. The monoisotopic (exact) mass is 463 g/mol. The van der Waals surface area contributed by atoms with Gasteiger partial charge in [-0.3, -0.25) is 9.59 Å². The zero-order valence-corrected chi connectivity index (χ0v) is 19.2. The third kappa shape index (κ3) is 5.74. The fraction of sp³-hybridized carbons (Fsp3) is 0.259. The minimum Gasteiger partial charge on any atom is -0.487 e. The van der Waals surface area contributed by atoms with Crippen molar-refractivity contribution in [2.24, 2.45) is 0 Å². The van der Waals surface area contributed by atoms with E-state index in [9.17, 15) is 14.7 Å². The zero-order valence-electron chi connectivity index (χ0n) is 18.5. The molecule has 1 atom stereocenters. The maximum absolute atomic E-state index is 13.2. The molecule has 4 rings (SSSR count). The van der Waals surface area contributed by atoms with Crippen LogP contribution in [0.25, 0.3) is 0 Å². The number of aliphatic carboxylic acids is 1. The fourth-order valence-corrected chi connectivity index (χ4v) is 4.55. The Hall–Kier alpha value is -3.31. The molecule has 170 valence electrons. The van der Waals surface area contributed by atoms with Gasteiger partial charge < -0.3 is 14.7 Å². The summed E-state index contributed by atoms with van der Waals surface area (Å²) < 4.78 is 6.24. The highest BCUT2D eigenvalue weighted by atomic mass is 35.5. The van der Waals surface area contributed by atoms with Crippen LogP contribution in [0.4, 0.5) is 0 Å². The van der Waals surface area contributed by atoms with Crippen molar-refractivity contribution in [3.63, 3.8) is 0 Å². The first-order chi connectivity index (χ1) is 15.8. The zero-order chi connectivity index (χ0) is 23.4. The molecule has 0 bridgehead atoms. The van der Waals surface area contributed by atoms with Crippen molar-refractivity contribution in [1.82, 2.24) is 4.90 Å². The van der Waals surface area contributed by atoms with Crippen LogP contribution in [0.3, 0.4) is 0 Å². The van der Waals surface area contributed by atoms with Crippen molar-refractivity contribution in [2.75, 3.05) is 13.1 Å². The number of hydrogen-bond donors (Lipinski definition) is 1. The molecule has 0 fully saturated rings. The maximum atomic E-state index is 13.2. The second kappa shape index (κ2) is 9.67. The SMILES string of the molecule is C[C@@]1(Cc2ccccc2)Cc2cc(C(=O)N(CCc3cccc(Cl)c3)CC(=O)O)ccc2O1. The predicted octanol–water partition coefficient (Wildman–Crippen LogP) is 5.05. The summed E-state index contributed by atoms with van der Waals surface area (Å²) in [6, 6.07) is 22.9. The second-order valence-corrected chi connectivity index (χ2v) is 9.15. The lowest BCUT2D eigenvalue weighted by Crippen LogP contribution is -2.37. The molecule has 1 aliphatic heterocycles. The summed E-state index contributed by atoms with van der Waals surface area (Å²) in [6.45, 7) is 1.99. The normalized spacial score (nSPS) is 16.7. The summed E-state index contributed by atoms with van der Waals surface area (Å²) >= 11 is 6.04. The topological polar surface area (TPSA) is 66.8 Å². The lowest BCUT2D eigenvalue weighted by atomic mass is 9.91. The van der Waals surface area contributed by atoms with Gasteiger partial charge in [0.05, 0.1) is 0 Å². The first-order valence-corrected chi connectivity index (χ1v) is 11.3. The highest BCUT2D eigenvalue weighted by molar-refractivity contribution is 6.30. The Morgan fingerprint density at radius 2 is 1.79 bits per heavy atom. The average molecular weight is 464 g/mol. The predicted molar refractivity (Wildman–Crippen MR) is 128 cm³/mol. The van der Waals surface area contributed by atoms with E-state index < -0.39 is 11.6 Å². The Balaban J connectivity index is 1.48. The number of fused-ring (bicyclic) bond motifs is 1. The highest BCUT2D eigenvalue weighted by Gasteiger charge is 2.35. The molecule has 0 radical (unpaired) electrons. The molecule has 5 nitrogen and oxygen atoms in total. The number of carbonyl (C=O) groups is 2. The second-order valence-electron chi connectivity index (χ2n) is 8.71. The summed E-state index contributed by atoms with van der Waals surface area (Å²) in [5.74, 6) is -0.582. The molecule has 1 amide bonds. The molecule has 0 saturated carbocycles. The highest BCUT2D eigenvalue weighted by Crippen LogP contribution is 2.37. The van der Waals surface area contributed by atoms with Crippen LogP contribution in [0.5, 0.6) is 5.75 Å². The number of hydrogen-bond acceptors (Lipinski definition) is 3. The lowest BCUT2D eigenvalue weighted by molar-refractivity contribution is -0.137. The fourth-order valence-electron chi connectivity index (χ4n) is 4.34. The van der Waals surface area contributed by atoms with Gasteiger partial charge in [0, 0.05) is 30.0 Å². The van der Waals surface area contributed by atoms with E-state index in [-0.39, 0.29) is 19.0 Å². The summed E-state index contributed by atoms with van der Waals surface area (Å²) in [5.41, 5.74) is 3.18. The number of benzene rings is 3. The number of carboxylic acid groups (broad SMARTS) is 1. The summed E-state index contributed by atoms with van der Waals surface area (Å²) in [5, 5.41) is 9.96. The molecule has 0 aromatic heterocycles. The third-order valence-corrected chi connectivity index (χ3v) is 6.06. The Kier molecular flexibility index (Phi) is 6.70. The first-order valence-electron chi connectivity index (χ1n) is 10.9. The molecule has 3 aromatic rings. The smallest absolute Gasteiger partial charge is 0.323 e. The van der Waals surface area contributed by atoms with Crippen LogP contribution in [-0.2, 0) is 24.1 Å². The number of halogens is 1. The Morgan fingerprint density at radius 1 is 1.03 bits per heavy atom. The van der Waals surface area contributed by atoms with Gasteiger partial charge in [-0.1, -0.05) is 54.1 Å². The quantitative estimate of drug-likeness (QED) is 0.508. The number of carboxylic acids is 1. The van der Waals surface area contributed by atoms with Crippen LogP contribution in [0.2, 0.25) is 5.02 Å².